The largest absolute Gasteiger partial charge is 0.459 e. The third-order valence-electron chi connectivity index (χ3n) is 9.88. The smallest absolute Gasteiger partial charge is 0.344 e. The summed E-state index contributed by atoms with van der Waals surface area (Å²) in [6.45, 7) is 8.65. The Labute approximate surface area is 299 Å². The lowest BCUT2D eigenvalue weighted by atomic mass is 9.51. The van der Waals surface area contributed by atoms with Gasteiger partial charge in [0.1, 0.15) is 17.8 Å². The summed E-state index contributed by atoms with van der Waals surface area (Å²) in [5.74, 6) is -9.40. The number of carbonyl (C=O) groups is 7. The highest BCUT2D eigenvalue weighted by Gasteiger charge is 2.81. The standard InChI is InChI=1S/C35H46O17/c1-16(2)11-25(41)45-14-26(42)51-23-10-9-22(13-36)12-24-35(44,17(3)32(43)52-24)31(50-21(7)40)28-33(23,8)29(48-19(5)38)27(47-18(4)37)30(49-20(6)39)34(28)15-46-34/h9-10,12,16-17,23-24,27-31,36,44H,11,13-15H2,1-8H3/b10-9-,22-12+/t17-,23+,24-,27+,28+,29-,30+,31-,33+,34-,35-/m0/s1. The van der Waals surface area contributed by atoms with Gasteiger partial charge in [-0.25, -0.2) is 4.79 Å². The highest BCUT2D eigenvalue weighted by molar-refractivity contribution is 5.78. The first-order valence-corrected chi connectivity index (χ1v) is 16.8. The van der Waals surface area contributed by atoms with E-state index in [0.29, 0.717) is 0 Å². The predicted octanol–water partition coefficient (Wildman–Crippen LogP) is 0.401. The molecule has 1 saturated carbocycles. The molecular formula is C35H46O17. The number of aliphatic hydroxyl groups is 2. The van der Waals surface area contributed by atoms with Gasteiger partial charge >= 0.3 is 41.8 Å². The zero-order valence-electron chi connectivity index (χ0n) is 30.3. The lowest BCUT2D eigenvalue weighted by Crippen LogP contribution is -2.76. The van der Waals surface area contributed by atoms with Crippen LogP contribution in [0, 0.1) is 23.2 Å². The summed E-state index contributed by atoms with van der Waals surface area (Å²) in [5.41, 5.74) is -6.24. The molecule has 2 aliphatic heterocycles. The van der Waals surface area contributed by atoms with Gasteiger partial charge < -0.3 is 48.1 Å². The number of carbonyl (C=O) groups excluding carboxylic acids is 7. The molecule has 17 nitrogen and oxygen atoms in total. The maximum atomic E-state index is 13.5. The van der Waals surface area contributed by atoms with E-state index in [1.54, 1.807) is 13.8 Å². The van der Waals surface area contributed by atoms with E-state index < -0.39 is 120 Å². The topological polar surface area (TPSA) is 237 Å². The van der Waals surface area contributed by atoms with Gasteiger partial charge in [0.05, 0.1) is 24.5 Å². The molecule has 52 heavy (non-hydrogen) atoms. The second-order valence-corrected chi connectivity index (χ2v) is 14.1. The fourth-order valence-electron chi connectivity index (χ4n) is 7.64. The van der Waals surface area contributed by atoms with Crippen molar-refractivity contribution in [1.29, 1.82) is 0 Å². The number of ether oxygens (including phenoxy) is 8. The number of fused-ring (bicyclic) bond motifs is 3. The van der Waals surface area contributed by atoms with Crippen molar-refractivity contribution in [3.63, 3.8) is 0 Å². The van der Waals surface area contributed by atoms with Crippen molar-refractivity contribution < 1.29 is 81.7 Å². The van der Waals surface area contributed by atoms with Gasteiger partial charge in [0.2, 0.25) is 0 Å². The first-order valence-electron chi connectivity index (χ1n) is 16.8. The lowest BCUT2D eigenvalue weighted by molar-refractivity contribution is -0.279. The summed E-state index contributed by atoms with van der Waals surface area (Å²) in [6.07, 6.45) is -6.21. The molecule has 2 aliphatic carbocycles. The summed E-state index contributed by atoms with van der Waals surface area (Å²) in [7, 11) is 0. The van der Waals surface area contributed by atoms with Gasteiger partial charge in [0.25, 0.3) is 0 Å². The average molecular weight is 739 g/mol. The first-order chi connectivity index (χ1) is 24.2. The molecule has 2 N–H and O–H groups in total. The van der Waals surface area contributed by atoms with Crippen LogP contribution in [-0.2, 0) is 71.5 Å². The van der Waals surface area contributed by atoms with Crippen molar-refractivity contribution in [2.24, 2.45) is 23.2 Å². The Kier molecular flexibility index (Phi) is 11.9. The van der Waals surface area contributed by atoms with Crippen LogP contribution in [-0.4, -0.2) is 120 Å². The van der Waals surface area contributed by atoms with Crippen molar-refractivity contribution in [3.05, 3.63) is 23.8 Å². The molecule has 0 amide bonds. The molecule has 1 spiro atoms. The number of hydrogen-bond donors (Lipinski definition) is 2. The van der Waals surface area contributed by atoms with E-state index in [1.807, 2.05) is 0 Å². The monoisotopic (exact) mass is 738 g/mol. The fourth-order valence-corrected chi connectivity index (χ4v) is 7.64. The molecule has 4 rings (SSSR count). The summed E-state index contributed by atoms with van der Waals surface area (Å²) in [4.78, 5) is 90.2. The quantitative estimate of drug-likeness (QED) is 0.175. The number of hydrogen-bond acceptors (Lipinski definition) is 17. The Morgan fingerprint density at radius 1 is 0.885 bits per heavy atom. The Balaban J connectivity index is 2.08. The highest BCUT2D eigenvalue weighted by Crippen LogP contribution is 2.63. The second-order valence-electron chi connectivity index (χ2n) is 14.1. The number of rotatable bonds is 10. The van der Waals surface area contributed by atoms with E-state index in [-0.39, 0.29) is 24.5 Å². The minimum Gasteiger partial charge on any atom is -0.459 e. The van der Waals surface area contributed by atoms with Crippen molar-refractivity contribution in [2.75, 3.05) is 19.8 Å². The first kappa shape index (κ1) is 40.4. The Morgan fingerprint density at radius 3 is 1.96 bits per heavy atom. The predicted molar refractivity (Wildman–Crippen MR) is 171 cm³/mol. The minimum absolute atomic E-state index is 0.000166. The zero-order chi connectivity index (χ0) is 38.9. The van der Waals surface area contributed by atoms with Crippen LogP contribution in [0.2, 0.25) is 0 Å². The van der Waals surface area contributed by atoms with Gasteiger partial charge in [-0.1, -0.05) is 26.8 Å². The summed E-state index contributed by atoms with van der Waals surface area (Å²) in [5, 5.41) is 23.1. The van der Waals surface area contributed by atoms with Gasteiger partial charge in [-0.2, -0.15) is 0 Å². The van der Waals surface area contributed by atoms with E-state index in [1.165, 1.54) is 32.1 Å². The van der Waals surface area contributed by atoms with E-state index in [9.17, 15) is 43.8 Å². The Hall–Kier alpha value is -4.35. The molecule has 11 atom stereocenters. The van der Waals surface area contributed by atoms with E-state index in [0.717, 1.165) is 27.7 Å². The molecular weight excluding hydrogens is 692 g/mol. The zero-order valence-corrected chi connectivity index (χ0v) is 30.3. The fraction of sp³-hybridized carbons (Fsp3) is 0.686. The molecule has 0 unspecified atom stereocenters. The molecule has 17 heteroatoms. The normalized spacial score (nSPS) is 37.9. The maximum absolute atomic E-state index is 13.5. The van der Waals surface area contributed by atoms with Gasteiger partial charge in [0, 0.05) is 40.0 Å². The van der Waals surface area contributed by atoms with Crippen LogP contribution in [0.1, 0.15) is 61.8 Å². The third kappa shape index (κ3) is 7.71. The van der Waals surface area contributed by atoms with Crippen LogP contribution < -0.4 is 0 Å². The maximum Gasteiger partial charge on any atom is 0.344 e. The van der Waals surface area contributed by atoms with Crippen molar-refractivity contribution >= 4 is 41.8 Å². The average Bonchev–Trinajstić information content (AvgIpc) is 3.78. The minimum atomic E-state index is -2.46. The van der Waals surface area contributed by atoms with Gasteiger partial charge in [-0.3, -0.25) is 28.8 Å². The molecule has 0 aromatic heterocycles. The van der Waals surface area contributed by atoms with Crippen LogP contribution in [0.4, 0.5) is 0 Å². The van der Waals surface area contributed by atoms with E-state index in [4.69, 9.17) is 37.9 Å². The highest BCUT2D eigenvalue weighted by atomic mass is 16.7. The van der Waals surface area contributed by atoms with Crippen LogP contribution in [0.5, 0.6) is 0 Å². The summed E-state index contributed by atoms with van der Waals surface area (Å²) < 4.78 is 46.0. The molecule has 3 fully saturated rings. The molecule has 0 radical (unpaired) electrons. The third-order valence-corrected chi connectivity index (χ3v) is 9.88. The molecule has 288 valence electrons. The van der Waals surface area contributed by atoms with Crippen LogP contribution >= 0.6 is 0 Å². The number of epoxide rings is 1. The van der Waals surface area contributed by atoms with E-state index >= 15 is 0 Å². The summed E-state index contributed by atoms with van der Waals surface area (Å²) in [6, 6.07) is 0. The van der Waals surface area contributed by atoms with Gasteiger partial charge in [0.15, 0.2) is 36.6 Å². The second kappa shape index (κ2) is 15.3. The van der Waals surface area contributed by atoms with Crippen molar-refractivity contribution in [3.8, 4) is 0 Å². The summed E-state index contributed by atoms with van der Waals surface area (Å²) >= 11 is 0. The van der Waals surface area contributed by atoms with Crippen molar-refractivity contribution in [1.82, 2.24) is 0 Å². The molecule has 0 aromatic rings. The lowest BCUT2D eigenvalue weighted by Gasteiger charge is -2.59. The molecule has 4 aliphatic rings. The van der Waals surface area contributed by atoms with Crippen LogP contribution in [0.25, 0.3) is 0 Å². The van der Waals surface area contributed by atoms with Gasteiger partial charge in [-0.15, -0.1) is 0 Å². The molecule has 0 aromatic carbocycles. The van der Waals surface area contributed by atoms with Gasteiger partial charge in [-0.05, 0) is 30.6 Å². The van der Waals surface area contributed by atoms with Crippen molar-refractivity contribution in [2.45, 2.75) is 110 Å². The van der Waals surface area contributed by atoms with Crippen LogP contribution in [0.15, 0.2) is 23.8 Å². The number of esters is 7. The molecule has 0 bridgehead atoms. The molecule has 2 heterocycles. The molecule has 2 saturated heterocycles. The number of aliphatic hydroxyl groups excluding tert-OH is 1. The van der Waals surface area contributed by atoms with Crippen LogP contribution in [0.3, 0.4) is 0 Å². The SMILES string of the molecule is CC(=O)O[C@H]1[C@@H](OC(C)=O)[C@]2(CO2)[C@@H]2[C@H](OC(C)=O)[C@@]3(O)[C@H](/C=C(CO)\C=C/[C@@H](OC(=O)COC(=O)CC(C)C)[C@@]2(C)[C@H]1OC(C)=O)OC(=O)[C@@H]3C. The Bertz CT molecular complexity index is 1530. The Morgan fingerprint density at radius 2 is 1.44 bits per heavy atom. The van der Waals surface area contributed by atoms with E-state index in [2.05, 4.69) is 0 Å².